The van der Waals surface area contributed by atoms with Gasteiger partial charge in [0.05, 0.1) is 18.6 Å². The lowest BCUT2D eigenvalue weighted by Gasteiger charge is -2.21. The molecule has 1 aromatic heterocycles. The first kappa shape index (κ1) is 27.3. The van der Waals surface area contributed by atoms with Gasteiger partial charge >= 0.3 is 0 Å². The van der Waals surface area contributed by atoms with E-state index in [-0.39, 0.29) is 30.6 Å². The summed E-state index contributed by atoms with van der Waals surface area (Å²) >= 11 is 0. The first-order valence-corrected chi connectivity index (χ1v) is 12.8. The smallest absolute Gasteiger partial charge is 0.248 e. The molecule has 192 valence electrons. The van der Waals surface area contributed by atoms with Crippen LogP contribution in [0.25, 0.3) is 11.1 Å². The molecule has 0 N–H and O–H groups in total. The highest BCUT2D eigenvalue weighted by molar-refractivity contribution is 7.89. The minimum atomic E-state index is -3.72. The molecule has 0 fully saturated rings. The van der Waals surface area contributed by atoms with E-state index in [1.54, 1.807) is 57.4 Å². The molecule has 0 aliphatic carbocycles. The second kappa shape index (κ2) is 12.1. The van der Waals surface area contributed by atoms with Crippen LogP contribution in [0.3, 0.4) is 0 Å². The number of aromatic nitrogens is 2. The largest absolute Gasteiger partial charge is 0.497 e. The number of ether oxygens (including phenoxy) is 2. The minimum absolute atomic E-state index is 0.0903. The number of likely N-dealkylation sites (N-methyl/N-ethyl adjacent to an activating group) is 2. The molecule has 0 spiro atoms. The molecule has 0 aliphatic heterocycles. The van der Waals surface area contributed by atoms with Crippen LogP contribution in [0.5, 0.6) is 5.75 Å². The van der Waals surface area contributed by atoms with Crippen molar-refractivity contribution in [3.8, 4) is 16.9 Å². The maximum absolute atomic E-state index is 13.1. The van der Waals surface area contributed by atoms with E-state index in [0.29, 0.717) is 23.4 Å². The summed E-state index contributed by atoms with van der Waals surface area (Å²) in [6.07, 6.45) is 4.96. The van der Waals surface area contributed by atoms with Gasteiger partial charge in [-0.3, -0.25) is 4.79 Å². The van der Waals surface area contributed by atoms with Gasteiger partial charge in [-0.05, 0) is 54.3 Å². The van der Waals surface area contributed by atoms with Gasteiger partial charge in [0.15, 0.2) is 0 Å². The van der Waals surface area contributed by atoms with Crippen molar-refractivity contribution in [1.82, 2.24) is 19.2 Å². The van der Waals surface area contributed by atoms with Crippen molar-refractivity contribution >= 4 is 15.9 Å². The Labute approximate surface area is 212 Å². The van der Waals surface area contributed by atoms with E-state index in [1.807, 2.05) is 24.3 Å². The van der Waals surface area contributed by atoms with Crippen LogP contribution >= 0.6 is 0 Å². The molecule has 0 aliphatic rings. The number of carbonyl (C=O) groups excluding carboxylic acids is 1. The summed E-state index contributed by atoms with van der Waals surface area (Å²) in [5.41, 5.74) is 4.05. The van der Waals surface area contributed by atoms with Crippen molar-refractivity contribution in [2.75, 3.05) is 41.0 Å². The van der Waals surface area contributed by atoms with E-state index in [1.165, 1.54) is 17.7 Å². The summed E-state index contributed by atoms with van der Waals surface area (Å²) in [7, 11) is 1.03. The van der Waals surface area contributed by atoms with Gasteiger partial charge in [-0.2, -0.15) is 4.31 Å². The van der Waals surface area contributed by atoms with Crippen LogP contribution in [0, 0.1) is 13.8 Å². The fraction of sp³-hybridized carbons (Fsp3) is 0.346. The third-order valence-corrected chi connectivity index (χ3v) is 7.94. The van der Waals surface area contributed by atoms with Crippen molar-refractivity contribution in [3.63, 3.8) is 0 Å². The van der Waals surface area contributed by atoms with Crippen LogP contribution in [0.4, 0.5) is 0 Å². The second-order valence-electron chi connectivity index (χ2n) is 8.55. The topological polar surface area (TPSA) is 102 Å². The van der Waals surface area contributed by atoms with Crippen molar-refractivity contribution in [2.45, 2.75) is 25.3 Å². The van der Waals surface area contributed by atoms with E-state index in [4.69, 9.17) is 9.47 Å². The molecule has 0 bridgehead atoms. The van der Waals surface area contributed by atoms with Crippen molar-refractivity contribution < 1.29 is 22.7 Å². The molecular weight excluding hydrogens is 480 g/mol. The summed E-state index contributed by atoms with van der Waals surface area (Å²) in [5, 5.41) is 0. The lowest BCUT2D eigenvalue weighted by molar-refractivity contribution is -0.135. The SMILES string of the molecule is COc1cc(C)c(S(=O)(=O)N(C)CCOCC(=O)N(C)Cc2cccc(-c3cncnc3)c2)c(C)c1. The highest BCUT2D eigenvalue weighted by Gasteiger charge is 2.25. The quantitative estimate of drug-likeness (QED) is 0.364. The lowest BCUT2D eigenvalue weighted by Crippen LogP contribution is -2.33. The van der Waals surface area contributed by atoms with Crippen LogP contribution < -0.4 is 4.74 Å². The molecule has 0 atom stereocenters. The Hall–Kier alpha value is -3.34. The molecular formula is C26H32N4O5S. The number of aryl methyl sites for hydroxylation is 2. The fourth-order valence-corrected chi connectivity index (χ4v) is 5.39. The number of methoxy groups -OCH3 is 1. The molecule has 2 aromatic carbocycles. The first-order chi connectivity index (χ1) is 17.1. The molecule has 0 saturated carbocycles. The number of amides is 1. The summed E-state index contributed by atoms with van der Waals surface area (Å²) in [6, 6.07) is 11.2. The highest BCUT2D eigenvalue weighted by Crippen LogP contribution is 2.27. The van der Waals surface area contributed by atoms with Gasteiger partial charge in [0.2, 0.25) is 15.9 Å². The average molecular weight is 513 g/mol. The first-order valence-electron chi connectivity index (χ1n) is 11.4. The Kier molecular flexibility index (Phi) is 9.14. The monoisotopic (exact) mass is 512 g/mol. The third kappa shape index (κ3) is 6.66. The van der Waals surface area contributed by atoms with E-state index in [9.17, 15) is 13.2 Å². The molecule has 3 rings (SSSR count). The lowest BCUT2D eigenvalue weighted by atomic mass is 10.1. The predicted octanol–water partition coefficient (Wildman–Crippen LogP) is 3.06. The number of hydrogen-bond acceptors (Lipinski definition) is 7. The van der Waals surface area contributed by atoms with Crippen LogP contribution in [0.2, 0.25) is 0 Å². The Morgan fingerprint density at radius 2 is 1.67 bits per heavy atom. The molecule has 0 unspecified atom stereocenters. The van der Waals surface area contributed by atoms with Gasteiger partial charge in [0.1, 0.15) is 18.7 Å². The molecule has 1 heterocycles. The summed E-state index contributed by atoms with van der Waals surface area (Å²) in [5.74, 6) is 0.411. The molecule has 0 radical (unpaired) electrons. The van der Waals surface area contributed by atoms with Crippen LogP contribution in [-0.4, -0.2) is 74.5 Å². The zero-order chi connectivity index (χ0) is 26.3. The van der Waals surface area contributed by atoms with Crippen LogP contribution in [-0.2, 0) is 26.1 Å². The minimum Gasteiger partial charge on any atom is -0.497 e. The Balaban J connectivity index is 1.51. The highest BCUT2D eigenvalue weighted by atomic mass is 32.2. The zero-order valence-corrected chi connectivity index (χ0v) is 22.1. The van der Waals surface area contributed by atoms with E-state index < -0.39 is 10.0 Å². The van der Waals surface area contributed by atoms with Gasteiger partial charge < -0.3 is 14.4 Å². The van der Waals surface area contributed by atoms with Gasteiger partial charge in [-0.15, -0.1) is 0 Å². The second-order valence-corrected chi connectivity index (χ2v) is 10.5. The van der Waals surface area contributed by atoms with Gasteiger partial charge in [0.25, 0.3) is 0 Å². The maximum atomic E-state index is 13.1. The number of benzene rings is 2. The number of hydrogen-bond donors (Lipinski definition) is 0. The molecule has 9 nitrogen and oxygen atoms in total. The molecule has 0 saturated heterocycles. The number of rotatable bonds is 11. The van der Waals surface area contributed by atoms with Crippen LogP contribution in [0.15, 0.2) is 60.0 Å². The van der Waals surface area contributed by atoms with Gasteiger partial charge in [-0.25, -0.2) is 18.4 Å². The van der Waals surface area contributed by atoms with Gasteiger partial charge in [-0.1, -0.05) is 18.2 Å². The Bertz CT molecular complexity index is 1280. The third-order valence-electron chi connectivity index (χ3n) is 5.78. The van der Waals surface area contributed by atoms with Crippen molar-refractivity contribution in [2.24, 2.45) is 0 Å². The van der Waals surface area contributed by atoms with Gasteiger partial charge in [0, 0.05) is 45.1 Å². The van der Waals surface area contributed by atoms with Crippen molar-refractivity contribution in [1.29, 1.82) is 0 Å². The van der Waals surface area contributed by atoms with Crippen molar-refractivity contribution in [3.05, 3.63) is 71.8 Å². The van der Waals surface area contributed by atoms with E-state index in [0.717, 1.165) is 16.7 Å². The van der Waals surface area contributed by atoms with E-state index in [2.05, 4.69) is 9.97 Å². The Morgan fingerprint density at radius 3 is 2.31 bits per heavy atom. The molecule has 10 heteroatoms. The molecule has 3 aromatic rings. The van der Waals surface area contributed by atoms with E-state index >= 15 is 0 Å². The summed E-state index contributed by atoms with van der Waals surface area (Å²) in [6.45, 7) is 3.96. The standard InChI is InChI=1S/C26H32N4O5S/c1-19-11-24(34-5)12-20(2)26(19)36(32,33)30(4)9-10-35-17-25(31)29(3)16-21-7-6-8-22(13-21)23-14-27-18-28-15-23/h6-8,11-15,18H,9-10,16-17H2,1-5H3. The average Bonchev–Trinajstić information content (AvgIpc) is 2.86. The summed E-state index contributed by atoms with van der Waals surface area (Å²) < 4.78 is 38.1. The molecule has 36 heavy (non-hydrogen) atoms. The maximum Gasteiger partial charge on any atom is 0.248 e. The Morgan fingerprint density at radius 1 is 1.00 bits per heavy atom. The number of carbonyl (C=O) groups is 1. The van der Waals surface area contributed by atoms with Crippen LogP contribution in [0.1, 0.15) is 16.7 Å². The number of nitrogens with zero attached hydrogens (tertiary/aromatic N) is 4. The molecule has 1 amide bonds. The number of sulfonamides is 1. The summed E-state index contributed by atoms with van der Waals surface area (Å²) in [4.78, 5) is 22.5. The predicted molar refractivity (Wildman–Crippen MR) is 137 cm³/mol. The normalized spacial score (nSPS) is 11.5. The fourth-order valence-electron chi connectivity index (χ4n) is 3.83. The zero-order valence-electron chi connectivity index (χ0n) is 21.3.